The number of amides is 2. The average Bonchev–Trinajstić information content (AvgIpc) is 2.64. The molecule has 1 aliphatic heterocycles. The van der Waals surface area contributed by atoms with Crippen molar-refractivity contribution < 1.29 is 4.79 Å². The molecule has 2 heterocycles. The normalized spacial score (nSPS) is 15.2. The van der Waals surface area contributed by atoms with E-state index in [4.69, 9.17) is 0 Å². The predicted octanol–water partition coefficient (Wildman–Crippen LogP) is 3.56. The van der Waals surface area contributed by atoms with Crippen LogP contribution in [0.25, 0.3) is 0 Å². The van der Waals surface area contributed by atoms with Crippen molar-refractivity contribution in [1.82, 2.24) is 9.88 Å². The first kappa shape index (κ1) is 18.2. The third-order valence-electron chi connectivity index (χ3n) is 4.77. The molecule has 138 valence electrons. The molecule has 26 heavy (non-hydrogen) atoms. The maximum absolute atomic E-state index is 12.2. The topological polar surface area (TPSA) is 60.5 Å². The highest BCUT2D eigenvalue weighted by Crippen LogP contribution is 2.18. The number of aromatic nitrogens is 1. The summed E-state index contributed by atoms with van der Waals surface area (Å²) in [5, 5.41) is 5.69. The summed E-state index contributed by atoms with van der Waals surface area (Å²) in [6.07, 6.45) is 1.71. The van der Waals surface area contributed by atoms with Gasteiger partial charge in [-0.15, -0.1) is 0 Å². The fraction of sp³-hybridized carbons (Fsp3) is 0.400. The molecule has 0 aliphatic carbocycles. The van der Waals surface area contributed by atoms with Crippen molar-refractivity contribution in [3.05, 3.63) is 48.2 Å². The molecule has 0 atom stereocenters. The monoisotopic (exact) mass is 353 g/mol. The molecule has 3 rings (SSSR count). The van der Waals surface area contributed by atoms with E-state index in [-0.39, 0.29) is 6.03 Å². The summed E-state index contributed by atoms with van der Waals surface area (Å²) in [7, 11) is 0. The molecule has 1 aromatic carbocycles. The molecule has 0 radical (unpaired) electrons. The van der Waals surface area contributed by atoms with Gasteiger partial charge in [-0.3, -0.25) is 4.90 Å². The molecular formula is C20H27N5O. The summed E-state index contributed by atoms with van der Waals surface area (Å²) in [6, 6.07) is 11.9. The Morgan fingerprint density at radius 3 is 2.38 bits per heavy atom. The Bertz CT molecular complexity index is 736. The summed E-state index contributed by atoms with van der Waals surface area (Å²) in [5.41, 5.74) is 2.51. The molecule has 0 saturated carbocycles. The highest BCUT2D eigenvalue weighted by molar-refractivity contribution is 6.00. The van der Waals surface area contributed by atoms with Crippen LogP contribution in [0, 0.1) is 6.92 Å². The van der Waals surface area contributed by atoms with Gasteiger partial charge in [-0.2, -0.15) is 0 Å². The quantitative estimate of drug-likeness (QED) is 0.882. The first-order valence-corrected chi connectivity index (χ1v) is 9.11. The van der Waals surface area contributed by atoms with Gasteiger partial charge in [-0.25, -0.2) is 9.78 Å². The number of rotatable bonds is 4. The Morgan fingerprint density at radius 1 is 1.04 bits per heavy atom. The molecular weight excluding hydrogens is 326 g/mol. The number of urea groups is 1. The maximum atomic E-state index is 12.2. The van der Waals surface area contributed by atoms with Crippen LogP contribution in [0.1, 0.15) is 19.4 Å². The van der Waals surface area contributed by atoms with Crippen LogP contribution in [0.15, 0.2) is 42.6 Å². The minimum absolute atomic E-state index is 0.264. The summed E-state index contributed by atoms with van der Waals surface area (Å²) in [6.45, 7) is 10.5. The van der Waals surface area contributed by atoms with Gasteiger partial charge >= 0.3 is 6.03 Å². The smallest absolute Gasteiger partial charge is 0.323 e. The van der Waals surface area contributed by atoms with E-state index < -0.39 is 0 Å². The van der Waals surface area contributed by atoms with Crippen LogP contribution in [0.4, 0.5) is 22.0 Å². The molecule has 6 nitrogen and oxygen atoms in total. The Hall–Kier alpha value is -2.60. The van der Waals surface area contributed by atoms with Crippen molar-refractivity contribution in [2.45, 2.75) is 26.8 Å². The van der Waals surface area contributed by atoms with Crippen molar-refractivity contribution in [3.8, 4) is 0 Å². The highest BCUT2D eigenvalue weighted by atomic mass is 16.2. The standard InChI is InChI=1S/C20H27N5O/c1-15(2)24-10-12-25(13-11-24)19-9-8-17(14-21-19)22-20(26)23-18-7-5-4-6-16(18)3/h4-9,14-15H,10-13H2,1-3H3,(H2,22,23,26). The number of piperazine rings is 1. The summed E-state index contributed by atoms with van der Waals surface area (Å²) < 4.78 is 0. The van der Waals surface area contributed by atoms with E-state index in [0.717, 1.165) is 43.2 Å². The highest BCUT2D eigenvalue weighted by Gasteiger charge is 2.19. The molecule has 1 saturated heterocycles. The third kappa shape index (κ3) is 4.52. The zero-order valence-electron chi connectivity index (χ0n) is 15.7. The SMILES string of the molecule is Cc1ccccc1NC(=O)Nc1ccc(N2CCN(C(C)C)CC2)nc1. The minimum atomic E-state index is -0.264. The number of aryl methyl sites for hydroxylation is 1. The second-order valence-corrected chi connectivity index (χ2v) is 6.92. The minimum Gasteiger partial charge on any atom is -0.354 e. The number of carbonyl (C=O) groups is 1. The first-order chi connectivity index (χ1) is 12.5. The van der Waals surface area contributed by atoms with E-state index in [2.05, 4.69) is 39.3 Å². The lowest BCUT2D eigenvalue weighted by atomic mass is 10.2. The van der Waals surface area contributed by atoms with Crippen molar-refractivity contribution in [3.63, 3.8) is 0 Å². The predicted molar refractivity (Wildman–Crippen MR) is 107 cm³/mol. The molecule has 1 aromatic heterocycles. The largest absolute Gasteiger partial charge is 0.354 e. The number of nitrogens with one attached hydrogen (secondary N) is 2. The van der Waals surface area contributed by atoms with Gasteiger partial charge in [-0.1, -0.05) is 18.2 Å². The summed E-state index contributed by atoms with van der Waals surface area (Å²) in [4.78, 5) is 21.4. The zero-order valence-corrected chi connectivity index (χ0v) is 15.7. The van der Waals surface area contributed by atoms with E-state index in [9.17, 15) is 4.79 Å². The van der Waals surface area contributed by atoms with Crippen molar-refractivity contribution >= 4 is 23.2 Å². The van der Waals surface area contributed by atoms with Crippen molar-refractivity contribution in [1.29, 1.82) is 0 Å². The van der Waals surface area contributed by atoms with Gasteiger partial charge in [0, 0.05) is 37.9 Å². The Labute approximate surface area is 155 Å². The van der Waals surface area contributed by atoms with Crippen LogP contribution in [-0.2, 0) is 0 Å². The molecule has 1 fully saturated rings. The maximum Gasteiger partial charge on any atom is 0.323 e. The molecule has 0 unspecified atom stereocenters. The van der Waals surface area contributed by atoms with E-state index in [1.165, 1.54) is 0 Å². The fourth-order valence-corrected chi connectivity index (χ4v) is 3.11. The number of hydrogen-bond donors (Lipinski definition) is 2. The number of anilines is 3. The zero-order chi connectivity index (χ0) is 18.5. The van der Waals surface area contributed by atoms with Crippen molar-refractivity contribution in [2.75, 3.05) is 41.7 Å². The van der Waals surface area contributed by atoms with Gasteiger partial charge in [0.1, 0.15) is 5.82 Å². The van der Waals surface area contributed by atoms with Gasteiger partial charge in [-0.05, 0) is 44.5 Å². The molecule has 2 aromatic rings. The Kier molecular flexibility index (Phi) is 5.73. The van der Waals surface area contributed by atoms with Crippen LogP contribution in [-0.4, -0.2) is 48.1 Å². The van der Waals surface area contributed by atoms with E-state index in [1.54, 1.807) is 6.20 Å². The van der Waals surface area contributed by atoms with Gasteiger partial charge in [0.25, 0.3) is 0 Å². The van der Waals surface area contributed by atoms with E-state index in [1.807, 2.05) is 43.3 Å². The number of carbonyl (C=O) groups excluding carboxylic acids is 1. The van der Waals surface area contributed by atoms with E-state index >= 15 is 0 Å². The van der Waals surface area contributed by atoms with Crippen LogP contribution in [0.3, 0.4) is 0 Å². The van der Waals surface area contributed by atoms with Gasteiger partial charge in [0.2, 0.25) is 0 Å². The Morgan fingerprint density at radius 2 is 1.77 bits per heavy atom. The third-order valence-corrected chi connectivity index (χ3v) is 4.77. The summed E-state index contributed by atoms with van der Waals surface area (Å²) in [5.74, 6) is 0.957. The molecule has 6 heteroatoms. The average molecular weight is 353 g/mol. The molecule has 2 N–H and O–H groups in total. The number of pyridine rings is 1. The van der Waals surface area contributed by atoms with Crippen molar-refractivity contribution in [2.24, 2.45) is 0 Å². The van der Waals surface area contributed by atoms with Gasteiger partial charge < -0.3 is 15.5 Å². The number of hydrogen-bond acceptors (Lipinski definition) is 4. The fourth-order valence-electron chi connectivity index (χ4n) is 3.11. The van der Waals surface area contributed by atoms with E-state index in [0.29, 0.717) is 11.7 Å². The summed E-state index contributed by atoms with van der Waals surface area (Å²) >= 11 is 0. The lowest BCUT2D eigenvalue weighted by Crippen LogP contribution is -2.49. The second kappa shape index (κ2) is 8.19. The molecule has 0 bridgehead atoms. The Balaban J connectivity index is 1.55. The lowest BCUT2D eigenvalue weighted by Gasteiger charge is -2.37. The second-order valence-electron chi connectivity index (χ2n) is 6.92. The molecule has 1 aliphatic rings. The number of para-hydroxylation sites is 1. The molecule has 0 spiro atoms. The lowest BCUT2D eigenvalue weighted by molar-refractivity contribution is 0.209. The molecule has 2 amide bonds. The van der Waals surface area contributed by atoms with Gasteiger partial charge in [0.05, 0.1) is 11.9 Å². The van der Waals surface area contributed by atoms with Gasteiger partial charge in [0.15, 0.2) is 0 Å². The first-order valence-electron chi connectivity index (χ1n) is 9.11. The van der Waals surface area contributed by atoms with Crippen LogP contribution in [0.2, 0.25) is 0 Å². The van der Waals surface area contributed by atoms with Crippen LogP contribution in [0.5, 0.6) is 0 Å². The van der Waals surface area contributed by atoms with Crippen LogP contribution < -0.4 is 15.5 Å². The van der Waals surface area contributed by atoms with Crippen LogP contribution >= 0.6 is 0 Å². The number of benzene rings is 1. The number of nitrogens with zero attached hydrogens (tertiary/aromatic N) is 3.